The van der Waals surface area contributed by atoms with Crippen molar-refractivity contribution in [3.8, 4) is 11.4 Å². The van der Waals surface area contributed by atoms with Gasteiger partial charge in [0.25, 0.3) is 0 Å². The second-order valence-corrected chi connectivity index (χ2v) is 12.9. The van der Waals surface area contributed by atoms with E-state index < -0.39 is 0 Å². The Labute approximate surface area is 275 Å². The van der Waals surface area contributed by atoms with Crippen molar-refractivity contribution < 1.29 is 19.7 Å². The highest BCUT2D eigenvalue weighted by Gasteiger charge is 2.38. The molecule has 4 atom stereocenters. The first-order valence-electron chi connectivity index (χ1n) is 16.9. The molecule has 4 aliphatic rings. The third-order valence-corrected chi connectivity index (χ3v) is 9.92. The van der Waals surface area contributed by atoms with Gasteiger partial charge in [-0.15, -0.1) is 0 Å². The minimum atomic E-state index is -0.326. The molecule has 13 heteroatoms. The molecule has 2 amide bonds. The summed E-state index contributed by atoms with van der Waals surface area (Å²) < 4.78 is 6.05. The number of ether oxygens (including phenoxy) is 1. The summed E-state index contributed by atoms with van der Waals surface area (Å²) in [6, 6.07) is 14.7. The van der Waals surface area contributed by atoms with E-state index in [1.54, 1.807) is 0 Å². The van der Waals surface area contributed by atoms with E-state index in [-0.39, 0.29) is 43.5 Å². The Bertz CT molecular complexity index is 1490. The van der Waals surface area contributed by atoms with Gasteiger partial charge in [-0.05, 0) is 80.8 Å². The number of carbonyl (C=O) groups is 1. The second kappa shape index (κ2) is 14.0. The van der Waals surface area contributed by atoms with E-state index in [1.165, 1.54) is 0 Å². The van der Waals surface area contributed by atoms with E-state index in [0.29, 0.717) is 36.5 Å². The monoisotopic (exact) mass is 643 g/mol. The largest absolute Gasteiger partial charge is 0.394 e. The fourth-order valence-corrected chi connectivity index (χ4v) is 7.24. The molecule has 4 aliphatic heterocycles. The summed E-state index contributed by atoms with van der Waals surface area (Å²) in [5.74, 6) is 1.52. The second-order valence-electron chi connectivity index (χ2n) is 12.9. The van der Waals surface area contributed by atoms with Gasteiger partial charge < -0.3 is 45.2 Å². The zero-order chi connectivity index (χ0) is 32.3. The number of nitrogens with one attached hydrogen (secondary N) is 2. The van der Waals surface area contributed by atoms with E-state index in [1.807, 2.05) is 41.3 Å². The Hall–Kier alpha value is -4.04. The molecule has 4 unspecified atom stereocenters. The van der Waals surface area contributed by atoms with Gasteiger partial charge in [-0.1, -0.05) is 6.92 Å². The molecular formula is C34H45N9O4. The number of hydrogen-bond acceptors (Lipinski definition) is 11. The molecule has 13 nitrogen and oxygen atoms in total. The normalized spacial score (nSPS) is 24.5. The molecule has 2 aromatic carbocycles. The minimum Gasteiger partial charge on any atom is -0.394 e. The van der Waals surface area contributed by atoms with Crippen LogP contribution in [0.3, 0.4) is 0 Å². The van der Waals surface area contributed by atoms with Crippen molar-refractivity contribution in [2.24, 2.45) is 0 Å². The van der Waals surface area contributed by atoms with Crippen molar-refractivity contribution in [2.75, 3.05) is 84.4 Å². The predicted octanol–water partition coefficient (Wildman–Crippen LogP) is 3.01. The van der Waals surface area contributed by atoms with Crippen molar-refractivity contribution in [2.45, 2.75) is 56.9 Å². The third kappa shape index (κ3) is 6.98. The summed E-state index contributed by atoms with van der Waals surface area (Å²) in [7, 11) is 0. The fraction of sp³-hybridized carbons (Fsp3) is 0.529. The number of aliphatic hydroxyl groups is 2. The number of carbonyl (C=O) groups excluding carboxylic acids is 1. The molecule has 47 heavy (non-hydrogen) atoms. The molecule has 4 saturated heterocycles. The number of urea groups is 1. The van der Waals surface area contributed by atoms with Gasteiger partial charge in [0.05, 0.1) is 37.5 Å². The number of morpholine rings is 1. The van der Waals surface area contributed by atoms with Gasteiger partial charge in [0.1, 0.15) is 0 Å². The average Bonchev–Trinajstić information content (AvgIpc) is 3.70. The van der Waals surface area contributed by atoms with Crippen molar-refractivity contribution in [1.82, 2.24) is 19.9 Å². The Morgan fingerprint density at radius 1 is 0.766 bits per heavy atom. The lowest BCUT2D eigenvalue weighted by molar-refractivity contribution is 0.0299. The first-order chi connectivity index (χ1) is 23.0. The summed E-state index contributed by atoms with van der Waals surface area (Å²) in [6.45, 7) is 8.75. The molecule has 0 aliphatic carbocycles. The van der Waals surface area contributed by atoms with Crippen LogP contribution in [0.4, 0.5) is 33.8 Å². The summed E-state index contributed by atoms with van der Waals surface area (Å²) in [6.07, 6.45) is 3.89. The van der Waals surface area contributed by atoms with Crippen LogP contribution < -0.4 is 25.3 Å². The van der Waals surface area contributed by atoms with Gasteiger partial charge in [-0.3, -0.25) is 0 Å². The van der Waals surface area contributed by atoms with Gasteiger partial charge in [0.2, 0.25) is 11.9 Å². The Morgan fingerprint density at radius 3 is 1.91 bits per heavy atom. The maximum atomic E-state index is 12.8. The number of piperazine rings is 1. The van der Waals surface area contributed by atoms with Gasteiger partial charge >= 0.3 is 6.03 Å². The van der Waals surface area contributed by atoms with Crippen LogP contribution in [0.2, 0.25) is 0 Å². The SMILES string of the molecule is CCN1CCN(c2ccc(NC(=O)Nc3ccc(-c4nc(N5CC6CCC(C5)O6)nc(N5C(CO)CCC5CO)n4)cc3)cc2)CC1. The first-order valence-corrected chi connectivity index (χ1v) is 16.9. The smallest absolute Gasteiger partial charge is 0.323 e. The number of hydrogen-bond donors (Lipinski definition) is 4. The van der Waals surface area contributed by atoms with E-state index in [4.69, 9.17) is 19.7 Å². The summed E-state index contributed by atoms with van der Waals surface area (Å²) >= 11 is 0. The summed E-state index contributed by atoms with van der Waals surface area (Å²) in [4.78, 5) is 36.4. The van der Waals surface area contributed by atoms with Crippen LogP contribution in [0.25, 0.3) is 11.4 Å². The molecular weight excluding hydrogens is 598 g/mol. The molecule has 0 radical (unpaired) electrons. The van der Waals surface area contributed by atoms with Crippen molar-refractivity contribution in [3.63, 3.8) is 0 Å². The number of likely N-dealkylation sites (N-methyl/N-ethyl adjacent to an activating group) is 1. The molecule has 5 heterocycles. The molecule has 7 rings (SSSR count). The van der Waals surface area contributed by atoms with E-state index in [0.717, 1.165) is 75.3 Å². The van der Waals surface area contributed by atoms with Crippen molar-refractivity contribution in [1.29, 1.82) is 0 Å². The highest BCUT2D eigenvalue weighted by molar-refractivity contribution is 6.00. The minimum absolute atomic E-state index is 0.0442. The summed E-state index contributed by atoms with van der Waals surface area (Å²) in [5, 5.41) is 26.1. The van der Waals surface area contributed by atoms with Crippen LogP contribution in [-0.2, 0) is 4.74 Å². The fourth-order valence-electron chi connectivity index (χ4n) is 7.24. The Morgan fingerprint density at radius 2 is 1.34 bits per heavy atom. The maximum Gasteiger partial charge on any atom is 0.323 e. The van der Waals surface area contributed by atoms with Crippen molar-refractivity contribution >= 4 is 35.0 Å². The van der Waals surface area contributed by atoms with Gasteiger partial charge in [0.15, 0.2) is 5.82 Å². The number of nitrogens with zero attached hydrogens (tertiary/aromatic N) is 7. The topological polar surface area (TPSA) is 142 Å². The first kappa shape index (κ1) is 31.6. The number of anilines is 5. The highest BCUT2D eigenvalue weighted by Crippen LogP contribution is 2.33. The molecule has 250 valence electrons. The standard InChI is InChI=1S/C34H45N9O4/c1-2-40-15-17-41(18-16-40)26-9-7-25(8-10-26)36-34(46)35-24-5-3-23(4-6-24)31-37-32(42-19-29-13-14-30(20-42)47-29)39-33(38-31)43-27(21-44)11-12-28(43)22-45/h3-10,27-30,44-45H,2,11-22H2,1H3,(H2,35,36,46). The molecule has 0 saturated carbocycles. The number of rotatable bonds is 9. The van der Waals surface area contributed by atoms with Gasteiger partial charge in [-0.25, -0.2) is 4.79 Å². The number of benzene rings is 2. The zero-order valence-corrected chi connectivity index (χ0v) is 27.0. The van der Waals surface area contributed by atoms with Crippen molar-refractivity contribution in [3.05, 3.63) is 48.5 Å². The lowest BCUT2D eigenvalue weighted by Gasteiger charge is -2.35. The lowest BCUT2D eigenvalue weighted by Crippen LogP contribution is -2.46. The molecule has 4 fully saturated rings. The zero-order valence-electron chi connectivity index (χ0n) is 27.0. The lowest BCUT2D eigenvalue weighted by atomic mass is 10.2. The number of aromatic nitrogens is 3. The van der Waals surface area contributed by atoms with E-state index >= 15 is 0 Å². The van der Waals surface area contributed by atoms with Gasteiger partial charge in [0, 0.05) is 61.9 Å². The van der Waals surface area contributed by atoms with E-state index in [2.05, 4.69) is 44.4 Å². The van der Waals surface area contributed by atoms with E-state index in [9.17, 15) is 15.0 Å². The van der Waals surface area contributed by atoms with Crippen LogP contribution >= 0.6 is 0 Å². The highest BCUT2D eigenvalue weighted by atomic mass is 16.5. The van der Waals surface area contributed by atoms with Crippen LogP contribution in [0.1, 0.15) is 32.6 Å². The summed E-state index contributed by atoms with van der Waals surface area (Å²) in [5.41, 5.74) is 3.29. The van der Waals surface area contributed by atoms with Crippen LogP contribution in [0.5, 0.6) is 0 Å². The van der Waals surface area contributed by atoms with Crippen LogP contribution in [-0.4, -0.2) is 119 Å². The molecule has 2 bridgehead atoms. The quantitative estimate of drug-likeness (QED) is 0.273. The van der Waals surface area contributed by atoms with Crippen LogP contribution in [0, 0.1) is 0 Å². The number of amides is 2. The number of fused-ring (bicyclic) bond motifs is 2. The Kier molecular flexibility index (Phi) is 9.39. The molecule has 1 aromatic heterocycles. The Balaban J connectivity index is 1.05. The average molecular weight is 644 g/mol. The molecule has 4 N–H and O–H groups in total. The maximum absolute atomic E-state index is 12.8. The third-order valence-electron chi connectivity index (χ3n) is 9.92. The predicted molar refractivity (Wildman–Crippen MR) is 182 cm³/mol. The van der Waals surface area contributed by atoms with Gasteiger partial charge in [-0.2, -0.15) is 15.0 Å². The molecule has 3 aromatic rings. The number of aliphatic hydroxyl groups excluding tert-OH is 2. The van der Waals surface area contributed by atoms with Crippen LogP contribution in [0.15, 0.2) is 48.5 Å². The molecule has 0 spiro atoms.